The minimum atomic E-state index is -0.331. The van der Waals surface area contributed by atoms with E-state index in [0.29, 0.717) is 10.5 Å². The van der Waals surface area contributed by atoms with Crippen LogP contribution in [0.25, 0.3) is 0 Å². The molecule has 1 atom stereocenters. The summed E-state index contributed by atoms with van der Waals surface area (Å²) < 4.78 is 0.543. The molecule has 116 valence electrons. The Morgan fingerprint density at radius 2 is 2.29 bits per heavy atom. The second kappa shape index (κ2) is 7.87. The van der Waals surface area contributed by atoms with Gasteiger partial charge in [-0.1, -0.05) is 12.5 Å². The molecule has 21 heavy (non-hydrogen) atoms. The fourth-order valence-electron chi connectivity index (χ4n) is 2.94. The minimum absolute atomic E-state index is 0.149. The molecule has 0 amide bonds. The molecule has 1 saturated heterocycles. The van der Waals surface area contributed by atoms with Crippen LogP contribution >= 0.6 is 15.9 Å². The molecule has 0 bridgehead atoms. The highest BCUT2D eigenvalue weighted by Crippen LogP contribution is 2.28. The van der Waals surface area contributed by atoms with Crippen LogP contribution in [0.3, 0.4) is 0 Å². The maximum absolute atomic E-state index is 11.0. The lowest BCUT2D eigenvalue weighted by atomic mass is 9.98. The SMILES string of the molecule is CNCCC1CCCCN1Cc1ccc(Br)c([N+](=O)[O-])c1. The normalized spacial score (nSPS) is 19.6. The number of hydrogen-bond donors (Lipinski definition) is 1. The van der Waals surface area contributed by atoms with E-state index in [2.05, 4.69) is 26.1 Å². The molecule has 0 aliphatic carbocycles. The molecule has 1 aliphatic rings. The van der Waals surface area contributed by atoms with E-state index in [4.69, 9.17) is 0 Å². The monoisotopic (exact) mass is 355 g/mol. The predicted molar refractivity (Wildman–Crippen MR) is 87.4 cm³/mol. The zero-order valence-corrected chi connectivity index (χ0v) is 13.9. The van der Waals surface area contributed by atoms with Crippen LogP contribution in [0.15, 0.2) is 22.7 Å². The highest BCUT2D eigenvalue weighted by Gasteiger charge is 2.22. The second-order valence-electron chi connectivity index (χ2n) is 5.56. The largest absolute Gasteiger partial charge is 0.320 e. The molecular weight excluding hydrogens is 334 g/mol. The number of halogens is 1. The van der Waals surface area contributed by atoms with Crippen molar-refractivity contribution >= 4 is 21.6 Å². The van der Waals surface area contributed by atoms with Gasteiger partial charge in [-0.05, 0) is 67.0 Å². The molecule has 0 radical (unpaired) electrons. The lowest BCUT2D eigenvalue weighted by molar-refractivity contribution is -0.385. The summed E-state index contributed by atoms with van der Waals surface area (Å²) in [5.41, 5.74) is 1.16. The van der Waals surface area contributed by atoms with Gasteiger partial charge < -0.3 is 5.32 Å². The van der Waals surface area contributed by atoms with Crippen molar-refractivity contribution in [1.29, 1.82) is 0 Å². The number of benzene rings is 1. The Morgan fingerprint density at radius 1 is 1.48 bits per heavy atom. The van der Waals surface area contributed by atoms with Gasteiger partial charge in [0.25, 0.3) is 5.69 Å². The van der Waals surface area contributed by atoms with Crippen molar-refractivity contribution in [2.75, 3.05) is 20.1 Å². The van der Waals surface area contributed by atoms with Gasteiger partial charge in [-0.25, -0.2) is 0 Å². The first kappa shape index (κ1) is 16.4. The third-order valence-electron chi connectivity index (χ3n) is 4.07. The maximum atomic E-state index is 11.0. The Morgan fingerprint density at radius 3 is 3.00 bits per heavy atom. The van der Waals surface area contributed by atoms with E-state index < -0.39 is 0 Å². The number of hydrogen-bond acceptors (Lipinski definition) is 4. The molecule has 0 saturated carbocycles. The molecule has 1 aliphatic heterocycles. The Hall–Kier alpha value is -0.980. The van der Waals surface area contributed by atoms with Crippen molar-refractivity contribution in [1.82, 2.24) is 10.2 Å². The number of nitrogens with zero attached hydrogens (tertiary/aromatic N) is 2. The lowest BCUT2D eigenvalue weighted by Crippen LogP contribution is -2.40. The van der Waals surface area contributed by atoms with Gasteiger partial charge in [0, 0.05) is 18.7 Å². The molecule has 5 nitrogen and oxygen atoms in total. The van der Waals surface area contributed by atoms with E-state index in [0.717, 1.165) is 31.6 Å². The summed E-state index contributed by atoms with van der Waals surface area (Å²) in [5, 5.41) is 14.2. The van der Waals surface area contributed by atoms with Crippen molar-refractivity contribution in [2.45, 2.75) is 38.3 Å². The van der Waals surface area contributed by atoms with Crippen LogP contribution in [-0.2, 0) is 6.54 Å². The third-order valence-corrected chi connectivity index (χ3v) is 4.74. The molecular formula is C15H22BrN3O2. The van der Waals surface area contributed by atoms with Gasteiger partial charge in [-0.2, -0.15) is 0 Å². The molecule has 0 spiro atoms. The first-order chi connectivity index (χ1) is 10.1. The minimum Gasteiger partial charge on any atom is -0.320 e. The summed E-state index contributed by atoms with van der Waals surface area (Å²) >= 11 is 3.24. The molecule has 1 aromatic rings. The molecule has 1 heterocycles. The van der Waals surface area contributed by atoms with Gasteiger partial charge in [0.2, 0.25) is 0 Å². The average molecular weight is 356 g/mol. The van der Waals surface area contributed by atoms with Crippen LogP contribution in [0, 0.1) is 10.1 Å². The first-order valence-corrected chi connectivity index (χ1v) is 8.22. The average Bonchev–Trinajstić information content (AvgIpc) is 2.48. The molecule has 1 aromatic carbocycles. The Labute approximate surface area is 134 Å². The Kier molecular flexibility index (Phi) is 6.14. The molecule has 6 heteroatoms. The molecule has 1 unspecified atom stereocenters. The second-order valence-corrected chi connectivity index (χ2v) is 6.41. The third kappa shape index (κ3) is 4.49. The standard InChI is InChI=1S/C15H22BrN3O2/c1-17-8-7-13-4-2-3-9-18(13)11-12-5-6-14(16)15(10-12)19(20)21/h5-6,10,13,17H,2-4,7-9,11H2,1H3. The predicted octanol–water partition coefficient (Wildman–Crippen LogP) is 3.32. The Bertz CT molecular complexity index is 496. The van der Waals surface area contributed by atoms with Gasteiger partial charge in [0.15, 0.2) is 0 Å². The van der Waals surface area contributed by atoms with Crippen molar-refractivity contribution in [3.05, 3.63) is 38.3 Å². The fraction of sp³-hybridized carbons (Fsp3) is 0.600. The van der Waals surface area contributed by atoms with E-state index in [1.54, 1.807) is 12.1 Å². The quantitative estimate of drug-likeness (QED) is 0.628. The van der Waals surface area contributed by atoms with Crippen LogP contribution in [-0.4, -0.2) is 36.0 Å². The maximum Gasteiger partial charge on any atom is 0.283 e. The number of likely N-dealkylation sites (tertiary alicyclic amines) is 1. The van der Waals surface area contributed by atoms with E-state index >= 15 is 0 Å². The number of nitrogens with one attached hydrogen (secondary N) is 1. The highest BCUT2D eigenvalue weighted by molar-refractivity contribution is 9.10. The summed E-state index contributed by atoms with van der Waals surface area (Å²) in [5.74, 6) is 0. The van der Waals surface area contributed by atoms with E-state index in [1.165, 1.54) is 19.3 Å². The van der Waals surface area contributed by atoms with Gasteiger partial charge in [0.05, 0.1) is 9.40 Å². The first-order valence-electron chi connectivity index (χ1n) is 7.43. The summed E-state index contributed by atoms with van der Waals surface area (Å²) in [6.07, 6.45) is 4.86. The summed E-state index contributed by atoms with van der Waals surface area (Å²) in [7, 11) is 1.98. The van der Waals surface area contributed by atoms with Crippen molar-refractivity contribution in [3.8, 4) is 0 Å². The van der Waals surface area contributed by atoms with Gasteiger partial charge in [-0.15, -0.1) is 0 Å². The van der Waals surface area contributed by atoms with Gasteiger partial charge in [0.1, 0.15) is 0 Å². The number of nitro benzene ring substituents is 1. The van der Waals surface area contributed by atoms with E-state index in [-0.39, 0.29) is 10.6 Å². The summed E-state index contributed by atoms with van der Waals surface area (Å²) in [4.78, 5) is 13.2. The zero-order valence-electron chi connectivity index (χ0n) is 12.3. The van der Waals surface area contributed by atoms with Crippen LogP contribution < -0.4 is 5.32 Å². The summed E-state index contributed by atoms with van der Waals surface area (Å²) in [6, 6.07) is 6.02. The molecule has 1 fully saturated rings. The topological polar surface area (TPSA) is 58.4 Å². The highest BCUT2D eigenvalue weighted by atomic mass is 79.9. The summed E-state index contributed by atoms with van der Waals surface area (Å²) in [6.45, 7) is 2.89. The van der Waals surface area contributed by atoms with Crippen molar-refractivity contribution in [3.63, 3.8) is 0 Å². The Balaban J connectivity index is 2.08. The zero-order chi connectivity index (χ0) is 15.2. The van der Waals surface area contributed by atoms with Crippen molar-refractivity contribution < 1.29 is 4.92 Å². The lowest BCUT2D eigenvalue weighted by Gasteiger charge is -2.35. The van der Waals surface area contributed by atoms with E-state index in [1.807, 2.05) is 13.1 Å². The molecule has 2 rings (SSSR count). The molecule has 1 N–H and O–H groups in total. The van der Waals surface area contributed by atoms with Crippen LogP contribution in [0.1, 0.15) is 31.2 Å². The fourth-order valence-corrected chi connectivity index (χ4v) is 3.33. The van der Waals surface area contributed by atoms with Gasteiger partial charge in [-0.3, -0.25) is 15.0 Å². The number of piperidine rings is 1. The van der Waals surface area contributed by atoms with Gasteiger partial charge >= 0.3 is 0 Å². The number of rotatable bonds is 6. The van der Waals surface area contributed by atoms with E-state index in [9.17, 15) is 10.1 Å². The number of nitro groups is 1. The molecule has 0 aromatic heterocycles. The van der Waals surface area contributed by atoms with Crippen LogP contribution in [0.4, 0.5) is 5.69 Å². The smallest absolute Gasteiger partial charge is 0.283 e. The van der Waals surface area contributed by atoms with Crippen LogP contribution in [0.2, 0.25) is 0 Å². The van der Waals surface area contributed by atoms with Crippen molar-refractivity contribution in [2.24, 2.45) is 0 Å². The van der Waals surface area contributed by atoms with Crippen LogP contribution in [0.5, 0.6) is 0 Å².